The standard InChI is InChI=1S/C19H22N2O2/c1-12-8-9-18(10-13(12)2)20-14(3)19(23)21-17-7-5-6-16(11-17)15(4)22/h5-11,14,20H,1-4H3,(H,21,23). The number of carbonyl (C=O) groups excluding carboxylic acids is 2. The maximum atomic E-state index is 12.3. The van der Waals surface area contributed by atoms with Crippen LogP contribution >= 0.6 is 0 Å². The number of hydrogen-bond donors (Lipinski definition) is 2. The first-order valence-corrected chi connectivity index (χ1v) is 7.62. The van der Waals surface area contributed by atoms with Gasteiger partial charge in [-0.3, -0.25) is 9.59 Å². The predicted molar refractivity (Wildman–Crippen MR) is 94.1 cm³/mol. The van der Waals surface area contributed by atoms with Crippen LogP contribution in [0.15, 0.2) is 42.5 Å². The number of carbonyl (C=O) groups is 2. The van der Waals surface area contributed by atoms with Crippen molar-refractivity contribution in [3.05, 3.63) is 59.2 Å². The molecule has 2 rings (SSSR count). The third-order valence-electron chi connectivity index (χ3n) is 3.82. The summed E-state index contributed by atoms with van der Waals surface area (Å²) < 4.78 is 0. The van der Waals surface area contributed by atoms with Crippen LogP contribution in [0.3, 0.4) is 0 Å². The van der Waals surface area contributed by atoms with Gasteiger partial charge in [0, 0.05) is 16.9 Å². The average molecular weight is 310 g/mol. The number of hydrogen-bond acceptors (Lipinski definition) is 3. The van der Waals surface area contributed by atoms with Crippen LogP contribution in [0.2, 0.25) is 0 Å². The van der Waals surface area contributed by atoms with E-state index in [-0.39, 0.29) is 11.7 Å². The summed E-state index contributed by atoms with van der Waals surface area (Å²) in [6.45, 7) is 7.40. The molecule has 0 fully saturated rings. The molecule has 0 heterocycles. The topological polar surface area (TPSA) is 58.2 Å². The molecule has 1 unspecified atom stereocenters. The number of amides is 1. The second kappa shape index (κ2) is 7.09. The summed E-state index contributed by atoms with van der Waals surface area (Å²) in [6, 6.07) is 12.6. The molecule has 2 N–H and O–H groups in total. The van der Waals surface area contributed by atoms with Gasteiger partial charge in [-0.15, -0.1) is 0 Å². The molecule has 120 valence electrons. The summed E-state index contributed by atoms with van der Waals surface area (Å²) in [6.07, 6.45) is 0. The molecule has 23 heavy (non-hydrogen) atoms. The Morgan fingerprint density at radius 2 is 1.70 bits per heavy atom. The van der Waals surface area contributed by atoms with Crippen molar-refractivity contribution in [2.45, 2.75) is 33.7 Å². The van der Waals surface area contributed by atoms with E-state index in [9.17, 15) is 9.59 Å². The van der Waals surface area contributed by atoms with Gasteiger partial charge in [0.05, 0.1) is 0 Å². The van der Waals surface area contributed by atoms with Gasteiger partial charge in [-0.1, -0.05) is 18.2 Å². The van der Waals surface area contributed by atoms with Gasteiger partial charge < -0.3 is 10.6 Å². The molecule has 1 atom stereocenters. The monoisotopic (exact) mass is 310 g/mol. The highest BCUT2D eigenvalue weighted by atomic mass is 16.2. The third kappa shape index (κ3) is 4.42. The molecule has 4 nitrogen and oxygen atoms in total. The lowest BCUT2D eigenvalue weighted by molar-refractivity contribution is -0.116. The zero-order valence-corrected chi connectivity index (χ0v) is 13.9. The quantitative estimate of drug-likeness (QED) is 0.822. The summed E-state index contributed by atoms with van der Waals surface area (Å²) >= 11 is 0. The molecule has 0 aliphatic heterocycles. The molecule has 1 amide bonds. The fourth-order valence-electron chi connectivity index (χ4n) is 2.21. The highest BCUT2D eigenvalue weighted by Gasteiger charge is 2.13. The maximum absolute atomic E-state index is 12.3. The van der Waals surface area contributed by atoms with E-state index in [1.807, 2.05) is 25.1 Å². The molecular weight excluding hydrogens is 288 g/mol. The van der Waals surface area contributed by atoms with Crippen LogP contribution in [-0.2, 0) is 4.79 Å². The number of benzene rings is 2. The van der Waals surface area contributed by atoms with Crippen LogP contribution in [0.1, 0.15) is 35.3 Å². The molecule has 0 saturated carbocycles. The van der Waals surface area contributed by atoms with Crippen molar-refractivity contribution in [2.24, 2.45) is 0 Å². The van der Waals surface area contributed by atoms with Crippen LogP contribution in [0.5, 0.6) is 0 Å². The first-order valence-electron chi connectivity index (χ1n) is 7.62. The molecule has 0 saturated heterocycles. The summed E-state index contributed by atoms with van der Waals surface area (Å²) in [7, 11) is 0. The summed E-state index contributed by atoms with van der Waals surface area (Å²) in [5, 5.41) is 6.02. The summed E-state index contributed by atoms with van der Waals surface area (Å²) in [5.41, 5.74) is 4.51. The number of aryl methyl sites for hydroxylation is 2. The van der Waals surface area contributed by atoms with Gasteiger partial charge in [-0.2, -0.15) is 0 Å². The van der Waals surface area contributed by atoms with Crippen molar-refractivity contribution in [1.82, 2.24) is 0 Å². The molecule has 2 aromatic carbocycles. The second-order valence-corrected chi connectivity index (χ2v) is 5.79. The van der Waals surface area contributed by atoms with E-state index in [0.717, 1.165) is 5.69 Å². The first-order chi connectivity index (χ1) is 10.9. The average Bonchev–Trinajstić information content (AvgIpc) is 2.51. The Labute approximate surface area is 136 Å². The third-order valence-corrected chi connectivity index (χ3v) is 3.82. The number of ketones is 1. The van der Waals surface area contributed by atoms with Crippen molar-refractivity contribution < 1.29 is 9.59 Å². The zero-order valence-electron chi connectivity index (χ0n) is 13.9. The summed E-state index contributed by atoms with van der Waals surface area (Å²) in [5.74, 6) is -0.175. The van der Waals surface area contributed by atoms with Gasteiger partial charge in [0.1, 0.15) is 6.04 Å². The molecule has 2 aromatic rings. The van der Waals surface area contributed by atoms with E-state index < -0.39 is 6.04 Å². The van der Waals surface area contributed by atoms with Crippen molar-refractivity contribution in [3.63, 3.8) is 0 Å². The molecule has 4 heteroatoms. The second-order valence-electron chi connectivity index (χ2n) is 5.79. The minimum atomic E-state index is -0.391. The zero-order chi connectivity index (χ0) is 17.0. The van der Waals surface area contributed by atoms with Crippen LogP contribution < -0.4 is 10.6 Å². The lowest BCUT2D eigenvalue weighted by Crippen LogP contribution is -2.31. The molecule has 0 radical (unpaired) electrons. The number of Topliss-reactive ketones (excluding diaryl/α,β-unsaturated/α-hetero) is 1. The predicted octanol–water partition coefficient (Wildman–Crippen LogP) is 3.95. The maximum Gasteiger partial charge on any atom is 0.246 e. The van der Waals surface area contributed by atoms with Crippen LogP contribution in [0, 0.1) is 13.8 Å². The Bertz CT molecular complexity index is 738. The van der Waals surface area contributed by atoms with Crippen molar-refractivity contribution >= 4 is 23.1 Å². The number of anilines is 2. The Balaban J connectivity index is 2.03. The fourth-order valence-corrected chi connectivity index (χ4v) is 2.21. The highest BCUT2D eigenvalue weighted by Crippen LogP contribution is 2.16. The van der Waals surface area contributed by atoms with E-state index in [0.29, 0.717) is 11.3 Å². The van der Waals surface area contributed by atoms with Crippen molar-refractivity contribution in [1.29, 1.82) is 0 Å². The Kier molecular flexibility index (Phi) is 5.16. The van der Waals surface area contributed by atoms with Gasteiger partial charge >= 0.3 is 0 Å². The fraction of sp³-hybridized carbons (Fsp3) is 0.263. The molecule has 0 aliphatic rings. The van der Waals surface area contributed by atoms with Gasteiger partial charge in [0.25, 0.3) is 0 Å². The number of nitrogens with one attached hydrogen (secondary N) is 2. The largest absolute Gasteiger partial charge is 0.374 e. The molecule has 0 aromatic heterocycles. The lowest BCUT2D eigenvalue weighted by Gasteiger charge is -2.16. The lowest BCUT2D eigenvalue weighted by atomic mass is 10.1. The van der Waals surface area contributed by atoms with Crippen molar-refractivity contribution in [2.75, 3.05) is 10.6 Å². The molecule has 0 bridgehead atoms. The van der Waals surface area contributed by atoms with Gasteiger partial charge in [0.2, 0.25) is 5.91 Å². The van der Waals surface area contributed by atoms with E-state index in [4.69, 9.17) is 0 Å². The first kappa shape index (κ1) is 16.7. The minimum absolute atomic E-state index is 0.0256. The molecular formula is C19H22N2O2. The smallest absolute Gasteiger partial charge is 0.246 e. The van der Waals surface area contributed by atoms with E-state index in [1.54, 1.807) is 31.2 Å². The Morgan fingerprint density at radius 1 is 0.957 bits per heavy atom. The van der Waals surface area contributed by atoms with E-state index in [1.165, 1.54) is 18.1 Å². The summed E-state index contributed by atoms with van der Waals surface area (Å²) in [4.78, 5) is 23.7. The Hall–Kier alpha value is -2.62. The molecule has 0 spiro atoms. The number of rotatable bonds is 5. The Morgan fingerprint density at radius 3 is 2.35 bits per heavy atom. The van der Waals surface area contributed by atoms with Gasteiger partial charge in [-0.05, 0) is 63.1 Å². The van der Waals surface area contributed by atoms with E-state index >= 15 is 0 Å². The van der Waals surface area contributed by atoms with Crippen molar-refractivity contribution in [3.8, 4) is 0 Å². The van der Waals surface area contributed by atoms with Gasteiger partial charge in [0.15, 0.2) is 5.78 Å². The normalized spacial score (nSPS) is 11.7. The SMILES string of the molecule is CC(=O)c1cccc(NC(=O)C(C)Nc2ccc(C)c(C)c2)c1. The van der Waals surface area contributed by atoms with Crippen LogP contribution in [0.25, 0.3) is 0 Å². The van der Waals surface area contributed by atoms with Crippen LogP contribution in [0.4, 0.5) is 11.4 Å². The molecule has 0 aliphatic carbocycles. The minimum Gasteiger partial charge on any atom is -0.374 e. The van der Waals surface area contributed by atoms with Crippen LogP contribution in [-0.4, -0.2) is 17.7 Å². The van der Waals surface area contributed by atoms with E-state index in [2.05, 4.69) is 17.6 Å². The highest BCUT2D eigenvalue weighted by molar-refractivity contribution is 5.99. The van der Waals surface area contributed by atoms with Gasteiger partial charge in [-0.25, -0.2) is 0 Å².